The second-order valence-electron chi connectivity index (χ2n) is 7.83. The van der Waals surface area contributed by atoms with Gasteiger partial charge in [0.15, 0.2) is 6.20 Å². The molecule has 0 aliphatic rings. The molecule has 4 rings (SSSR count). The minimum absolute atomic E-state index is 0.588. The smallest absolute Gasteiger partial charge is 0.200 e. The fourth-order valence-corrected chi connectivity index (χ4v) is 3.96. The molecule has 0 aliphatic heterocycles. The van der Waals surface area contributed by atoms with E-state index < -0.39 is 0 Å². The van der Waals surface area contributed by atoms with Crippen LogP contribution >= 0.6 is 0 Å². The van der Waals surface area contributed by atoms with Crippen LogP contribution < -0.4 is 4.57 Å². The maximum absolute atomic E-state index is 2.36. The lowest BCUT2D eigenvalue weighted by molar-refractivity contribution is -0.659. The second kappa shape index (κ2) is 7.59. The molecule has 0 radical (unpaired) electrons. The van der Waals surface area contributed by atoms with E-state index >= 15 is 0 Å². The summed E-state index contributed by atoms with van der Waals surface area (Å²) < 4.78 is 2.25. The third kappa shape index (κ3) is 3.33. The highest BCUT2D eigenvalue weighted by molar-refractivity contribution is 5.94. The van der Waals surface area contributed by atoms with Gasteiger partial charge in [-0.15, -0.1) is 0 Å². The predicted molar refractivity (Wildman–Crippen MR) is 119 cm³/mol. The Bertz CT molecular complexity index is 1130. The SMILES string of the molecule is CCC(C)c1ccc2c(-c3cc(-c4ccccc4)ccc3C)[n+](C)ccc2c1. The largest absolute Gasteiger partial charge is 0.220 e. The van der Waals surface area contributed by atoms with Crippen LogP contribution in [0.2, 0.25) is 0 Å². The molecule has 0 saturated heterocycles. The van der Waals surface area contributed by atoms with Crippen molar-refractivity contribution in [3.63, 3.8) is 0 Å². The molecule has 1 atom stereocenters. The zero-order chi connectivity index (χ0) is 19.7. The van der Waals surface area contributed by atoms with Gasteiger partial charge in [0.25, 0.3) is 0 Å². The van der Waals surface area contributed by atoms with E-state index in [2.05, 4.69) is 111 Å². The highest BCUT2D eigenvalue weighted by Gasteiger charge is 2.18. The molecule has 140 valence electrons. The molecule has 4 aromatic rings. The molecule has 1 unspecified atom stereocenters. The van der Waals surface area contributed by atoms with Crippen molar-refractivity contribution < 1.29 is 4.57 Å². The van der Waals surface area contributed by atoms with Gasteiger partial charge in [0.2, 0.25) is 5.69 Å². The van der Waals surface area contributed by atoms with E-state index in [1.54, 1.807) is 0 Å². The zero-order valence-electron chi connectivity index (χ0n) is 17.2. The minimum Gasteiger partial charge on any atom is -0.200 e. The summed E-state index contributed by atoms with van der Waals surface area (Å²) in [5.74, 6) is 0.588. The molecule has 1 heteroatoms. The lowest BCUT2D eigenvalue weighted by Gasteiger charge is -2.13. The highest BCUT2D eigenvalue weighted by atomic mass is 14.9. The maximum atomic E-state index is 2.36. The van der Waals surface area contributed by atoms with Gasteiger partial charge in [0, 0.05) is 6.07 Å². The van der Waals surface area contributed by atoms with Crippen LogP contribution in [0.1, 0.15) is 37.3 Å². The van der Waals surface area contributed by atoms with Gasteiger partial charge in [-0.3, -0.25) is 0 Å². The average Bonchev–Trinajstić information content (AvgIpc) is 2.74. The summed E-state index contributed by atoms with van der Waals surface area (Å²) in [6, 6.07) is 26.6. The zero-order valence-corrected chi connectivity index (χ0v) is 17.2. The van der Waals surface area contributed by atoms with E-state index in [4.69, 9.17) is 0 Å². The number of pyridine rings is 1. The van der Waals surface area contributed by atoms with E-state index in [0.717, 1.165) is 6.42 Å². The topological polar surface area (TPSA) is 3.88 Å². The molecule has 1 aromatic heterocycles. The lowest BCUT2D eigenvalue weighted by Crippen LogP contribution is -2.30. The number of aromatic nitrogens is 1. The fraction of sp³-hybridized carbons (Fsp3) is 0.222. The molecule has 0 amide bonds. The molecule has 0 spiro atoms. The first-order chi connectivity index (χ1) is 13.6. The van der Waals surface area contributed by atoms with Crippen molar-refractivity contribution in [3.05, 3.63) is 90.1 Å². The average molecular weight is 367 g/mol. The van der Waals surface area contributed by atoms with Crippen LogP contribution in [-0.2, 0) is 7.05 Å². The summed E-state index contributed by atoms with van der Waals surface area (Å²) in [5.41, 5.74) is 7.81. The van der Waals surface area contributed by atoms with Crippen LogP contribution in [0.25, 0.3) is 33.2 Å². The number of rotatable bonds is 4. The van der Waals surface area contributed by atoms with E-state index in [1.807, 2.05) is 0 Å². The molecule has 0 fully saturated rings. The van der Waals surface area contributed by atoms with Crippen LogP contribution in [0.3, 0.4) is 0 Å². The third-order valence-corrected chi connectivity index (χ3v) is 5.94. The van der Waals surface area contributed by atoms with Crippen molar-refractivity contribution in [1.82, 2.24) is 0 Å². The minimum atomic E-state index is 0.588. The molecule has 28 heavy (non-hydrogen) atoms. The first-order valence-electron chi connectivity index (χ1n) is 10.2. The molecular weight excluding hydrogens is 338 g/mol. The van der Waals surface area contributed by atoms with Crippen molar-refractivity contribution in [1.29, 1.82) is 0 Å². The number of aryl methyl sites for hydroxylation is 2. The quantitative estimate of drug-likeness (QED) is 0.349. The number of hydrogen-bond donors (Lipinski definition) is 0. The summed E-state index contributed by atoms with van der Waals surface area (Å²) in [4.78, 5) is 0. The first-order valence-corrected chi connectivity index (χ1v) is 10.2. The van der Waals surface area contributed by atoms with Crippen LogP contribution in [0.4, 0.5) is 0 Å². The van der Waals surface area contributed by atoms with Gasteiger partial charge in [-0.05, 0) is 59.0 Å². The molecule has 0 saturated carbocycles. The summed E-state index contributed by atoms with van der Waals surface area (Å²) in [5, 5.41) is 2.63. The summed E-state index contributed by atoms with van der Waals surface area (Å²) in [7, 11) is 2.14. The Balaban J connectivity index is 1.92. The Morgan fingerprint density at radius 2 is 1.64 bits per heavy atom. The summed E-state index contributed by atoms with van der Waals surface area (Å²) in [6.07, 6.45) is 3.35. The second-order valence-corrected chi connectivity index (χ2v) is 7.83. The predicted octanol–water partition coefficient (Wildman–Crippen LogP) is 6.82. The molecule has 3 aromatic carbocycles. The number of hydrogen-bond acceptors (Lipinski definition) is 0. The van der Waals surface area contributed by atoms with E-state index in [9.17, 15) is 0 Å². The van der Waals surface area contributed by atoms with E-state index in [0.29, 0.717) is 5.92 Å². The maximum Gasteiger partial charge on any atom is 0.220 e. The van der Waals surface area contributed by atoms with Crippen molar-refractivity contribution >= 4 is 10.8 Å². The molecule has 1 nitrogen and oxygen atoms in total. The monoisotopic (exact) mass is 366 g/mol. The number of benzene rings is 3. The Morgan fingerprint density at radius 3 is 2.39 bits per heavy atom. The Hall–Kier alpha value is -2.93. The van der Waals surface area contributed by atoms with Crippen molar-refractivity contribution in [2.24, 2.45) is 7.05 Å². The van der Waals surface area contributed by atoms with Crippen LogP contribution in [0.5, 0.6) is 0 Å². The van der Waals surface area contributed by atoms with Crippen molar-refractivity contribution in [2.45, 2.75) is 33.1 Å². The molecule has 0 bridgehead atoms. The van der Waals surface area contributed by atoms with Gasteiger partial charge < -0.3 is 0 Å². The molecule has 0 N–H and O–H groups in total. The highest BCUT2D eigenvalue weighted by Crippen LogP contribution is 2.33. The van der Waals surface area contributed by atoms with Crippen LogP contribution in [0, 0.1) is 6.92 Å². The Labute approximate surface area is 168 Å². The summed E-state index contributed by atoms with van der Waals surface area (Å²) >= 11 is 0. The normalized spacial score (nSPS) is 12.3. The Kier molecular flexibility index (Phi) is 5.00. The van der Waals surface area contributed by atoms with E-state index in [-0.39, 0.29) is 0 Å². The fourth-order valence-electron chi connectivity index (χ4n) is 3.96. The van der Waals surface area contributed by atoms with Gasteiger partial charge in [0.1, 0.15) is 7.05 Å². The first kappa shape index (κ1) is 18.4. The van der Waals surface area contributed by atoms with Gasteiger partial charge in [0.05, 0.1) is 10.9 Å². The van der Waals surface area contributed by atoms with Gasteiger partial charge in [-0.2, -0.15) is 0 Å². The van der Waals surface area contributed by atoms with E-state index in [1.165, 1.54) is 44.3 Å². The standard InChI is InChI=1S/C27H28N/c1-5-19(2)22-13-14-25-24(17-22)15-16-28(4)27(25)26-18-23(12-11-20(26)3)21-9-7-6-8-10-21/h6-19H,5H2,1-4H3/q+1. The van der Waals surface area contributed by atoms with Gasteiger partial charge in [-0.1, -0.05) is 68.4 Å². The number of fused-ring (bicyclic) bond motifs is 1. The summed E-state index contributed by atoms with van der Waals surface area (Å²) in [6.45, 7) is 6.76. The van der Waals surface area contributed by atoms with Crippen molar-refractivity contribution in [2.75, 3.05) is 0 Å². The third-order valence-electron chi connectivity index (χ3n) is 5.94. The Morgan fingerprint density at radius 1 is 0.857 bits per heavy atom. The van der Waals surface area contributed by atoms with Crippen molar-refractivity contribution in [3.8, 4) is 22.4 Å². The molecule has 1 heterocycles. The van der Waals surface area contributed by atoms with Crippen LogP contribution in [0.15, 0.2) is 79.0 Å². The molecular formula is C27H28N+. The van der Waals surface area contributed by atoms with Gasteiger partial charge in [-0.25, -0.2) is 4.57 Å². The lowest BCUT2D eigenvalue weighted by atomic mass is 9.92. The number of nitrogens with zero attached hydrogens (tertiary/aromatic N) is 1. The van der Waals surface area contributed by atoms with Gasteiger partial charge >= 0.3 is 0 Å². The molecule has 0 aliphatic carbocycles. The van der Waals surface area contributed by atoms with Crippen LogP contribution in [-0.4, -0.2) is 0 Å².